The Morgan fingerprint density at radius 1 is 1.00 bits per heavy atom. The molecule has 0 aliphatic heterocycles. The Morgan fingerprint density at radius 2 is 1.85 bits per heavy atom. The number of halogens is 2. The summed E-state index contributed by atoms with van der Waals surface area (Å²) in [6.45, 7) is 2.13. The number of aryl methyl sites for hydroxylation is 2. The van der Waals surface area contributed by atoms with E-state index in [1.807, 2.05) is 0 Å². The van der Waals surface area contributed by atoms with Gasteiger partial charge in [-0.05, 0) is 73.2 Å². The number of rotatable bonds is 2. The van der Waals surface area contributed by atoms with Gasteiger partial charge in [0.25, 0.3) is 0 Å². The van der Waals surface area contributed by atoms with Crippen LogP contribution in [0.5, 0.6) is 0 Å². The maximum atomic E-state index is 3.68. The van der Waals surface area contributed by atoms with Gasteiger partial charge in [0.2, 0.25) is 0 Å². The van der Waals surface area contributed by atoms with Crippen LogP contribution in [0.15, 0.2) is 45.3 Å². The lowest BCUT2D eigenvalue weighted by molar-refractivity contribution is 0.610. The molecule has 20 heavy (non-hydrogen) atoms. The van der Waals surface area contributed by atoms with Crippen molar-refractivity contribution < 1.29 is 0 Å². The molecule has 0 amide bonds. The number of hydrogen-bond donors (Lipinski definition) is 1. The Morgan fingerprint density at radius 3 is 2.65 bits per heavy atom. The van der Waals surface area contributed by atoms with Crippen molar-refractivity contribution >= 4 is 37.5 Å². The lowest BCUT2D eigenvalue weighted by Gasteiger charge is -2.26. The van der Waals surface area contributed by atoms with Crippen LogP contribution in [-0.2, 0) is 12.8 Å². The average Bonchev–Trinajstić information content (AvgIpc) is 2.38. The summed E-state index contributed by atoms with van der Waals surface area (Å²) in [4.78, 5) is 0. The third-order valence-corrected chi connectivity index (χ3v) is 4.76. The first-order valence-electron chi connectivity index (χ1n) is 6.91. The highest BCUT2D eigenvalue weighted by Gasteiger charge is 2.18. The third-order valence-electron chi connectivity index (χ3n) is 3.81. The second-order valence-corrected chi connectivity index (χ2v) is 7.35. The molecular weight excluding hydrogens is 378 g/mol. The second kappa shape index (κ2) is 5.90. The zero-order valence-electron chi connectivity index (χ0n) is 11.4. The molecule has 3 rings (SSSR count). The smallest absolute Gasteiger partial charge is 0.0356 e. The first-order valence-corrected chi connectivity index (χ1v) is 8.50. The molecule has 0 spiro atoms. The molecule has 1 aliphatic carbocycles. The molecule has 1 aliphatic rings. The molecular formula is C17H17Br2N. The predicted octanol–water partition coefficient (Wildman–Crippen LogP) is 5.49. The summed E-state index contributed by atoms with van der Waals surface area (Å²) in [6.07, 6.45) is 3.45. The fraction of sp³-hybridized carbons (Fsp3) is 0.294. The normalized spacial score (nSPS) is 17.6. The minimum Gasteiger partial charge on any atom is -0.382 e. The summed E-state index contributed by atoms with van der Waals surface area (Å²) in [5, 5.41) is 3.68. The molecule has 1 unspecified atom stereocenters. The van der Waals surface area contributed by atoms with E-state index in [0.717, 1.165) is 17.3 Å². The zero-order chi connectivity index (χ0) is 14.1. The fourth-order valence-corrected chi connectivity index (χ4v) is 3.92. The van der Waals surface area contributed by atoms with Crippen LogP contribution in [0, 0.1) is 6.92 Å². The van der Waals surface area contributed by atoms with E-state index in [9.17, 15) is 0 Å². The molecule has 0 bridgehead atoms. The van der Waals surface area contributed by atoms with Gasteiger partial charge in [-0.3, -0.25) is 0 Å². The minimum absolute atomic E-state index is 0.525. The van der Waals surface area contributed by atoms with Crippen molar-refractivity contribution in [2.75, 3.05) is 5.32 Å². The molecule has 0 radical (unpaired) electrons. The van der Waals surface area contributed by atoms with Gasteiger partial charge in [0.15, 0.2) is 0 Å². The highest BCUT2D eigenvalue weighted by molar-refractivity contribution is 9.10. The van der Waals surface area contributed by atoms with E-state index in [1.54, 1.807) is 0 Å². The first-order chi connectivity index (χ1) is 9.60. The summed E-state index contributed by atoms with van der Waals surface area (Å²) >= 11 is 7.12. The molecule has 104 valence electrons. The van der Waals surface area contributed by atoms with Crippen LogP contribution in [0.3, 0.4) is 0 Å². The molecule has 1 N–H and O–H groups in total. The molecule has 3 heteroatoms. The topological polar surface area (TPSA) is 12.0 Å². The van der Waals surface area contributed by atoms with Crippen molar-refractivity contribution in [2.24, 2.45) is 0 Å². The standard InChI is InChI=1S/C17H17Br2N/c1-11-6-15(19)10-17(7-11)20-16-5-3-12-8-14(18)4-2-13(12)9-16/h2,4,6-8,10,16,20H,3,5,9H2,1H3. The van der Waals surface area contributed by atoms with Crippen LogP contribution >= 0.6 is 31.9 Å². The van der Waals surface area contributed by atoms with Crippen molar-refractivity contribution in [3.05, 3.63) is 62.0 Å². The largest absolute Gasteiger partial charge is 0.382 e. The van der Waals surface area contributed by atoms with Crippen LogP contribution in [0.4, 0.5) is 5.69 Å². The number of anilines is 1. The van der Waals surface area contributed by atoms with Gasteiger partial charge < -0.3 is 5.32 Å². The quantitative estimate of drug-likeness (QED) is 0.709. The van der Waals surface area contributed by atoms with Gasteiger partial charge in [0, 0.05) is 20.7 Å². The van der Waals surface area contributed by atoms with Gasteiger partial charge in [0.1, 0.15) is 0 Å². The first kappa shape index (κ1) is 14.2. The summed E-state index contributed by atoms with van der Waals surface area (Å²) in [6, 6.07) is 13.7. The van der Waals surface area contributed by atoms with E-state index in [2.05, 4.69) is 80.5 Å². The second-order valence-electron chi connectivity index (χ2n) is 5.51. The van der Waals surface area contributed by atoms with Crippen LogP contribution in [0.1, 0.15) is 23.1 Å². The maximum Gasteiger partial charge on any atom is 0.0356 e. The molecule has 2 aromatic rings. The Hall–Kier alpha value is -0.800. The zero-order valence-corrected chi connectivity index (χ0v) is 14.6. The Balaban J connectivity index is 1.75. The van der Waals surface area contributed by atoms with E-state index in [0.29, 0.717) is 6.04 Å². The molecule has 0 heterocycles. The van der Waals surface area contributed by atoms with Gasteiger partial charge in [-0.1, -0.05) is 37.9 Å². The Kier molecular flexibility index (Phi) is 4.18. The molecule has 0 saturated heterocycles. The van der Waals surface area contributed by atoms with Crippen molar-refractivity contribution in [3.63, 3.8) is 0 Å². The maximum absolute atomic E-state index is 3.68. The summed E-state index contributed by atoms with van der Waals surface area (Å²) in [7, 11) is 0. The van der Waals surface area contributed by atoms with Crippen LogP contribution in [-0.4, -0.2) is 6.04 Å². The van der Waals surface area contributed by atoms with Crippen molar-refractivity contribution in [1.82, 2.24) is 0 Å². The lowest BCUT2D eigenvalue weighted by atomic mass is 9.88. The predicted molar refractivity (Wildman–Crippen MR) is 92.5 cm³/mol. The van der Waals surface area contributed by atoms with E-state index in [1.165, 1.54) is 33.3 Å². The SMILES string of the molecule is Cc1cc(Br)cc(NC2CCc3cc(Br)ccc3C2)c1. The van der Waals surface area contributed by atoms with Crippen LogP contribution in [0.25, 0.3) is 0 Å². The summed E-state index contributed by atoms with van der Waals surface area (Å²) < 4.78 is 2.32. The van der Waals surface area contributed by atoms with E-state index < -0.39 is 0 Å². The molecule has 0 saturated carbocycles. The molecule has 1 atom stereocenters. The molecule has 2 aromatic carbocycles. The summed E-state index contributed by atoms with van der Waals surface area (Å²) in [5.41, 5.74) is 5.45. The number of nitrogens with one attached hydrogen (secondary N) is 1. The lowest BCUT2D eigenvalue weighted by Crippen LogP contribution is -2.27. The average molecular weight is 395 g/mol. The minimum atomic E-state index is 0.525. The molecule has 1 nitrogen and oxygen atoms in total. The van der Waals surface area contributed by atoms with Gasteiger partial charge in [-0.2, -0.15) is 0 Å². The Bertz CT molecular complexity index is 617. The van der Waals surface area contributed by atoms with E-state index >= 15 is 0 Å². The fourth-order valence-electron chi connectivity index (χ4n) is 2.90. The number of fused-ring (bicyclic) bond motifs is 1. The third kappa shape index (κ3) is 3.26. The number of benzene rings is 2. The van der Waals surface area contributed by atoms with Crippen molar-refractivity contribution in [1.29, 1.82) is 0 Å². The van der Waals surface area contributed by atoms with Crippen LogP contribution in [0.2, 0.25) is 0 Å². The highest BCUT2D eigenvalue weighted by Crippen LogP contribution is 2.27. The Labute approximate surface area is 137 Å². The van der Waals surface area contributed by atoms with Gasteiger partial charge in [-0.15, -0.1) is 0 Å². The van der Waals surface area contributed by atoms with Gasteiger partial charge in [-0.25, -0.2) is 0 Å². The van der Waals surface area contributed by atoms with Gasteiger partial charge >= 0.3 is 0 Å². The van der Waals surface area contributed by atoms with Crippen LogP contribution < -0.4 is 5.32 Å². The van der Waals surface area contributed by atoms with Gasteiger partial charge in [0.05, 0.1) is 0 Å². The van der Waals surface area contributed by atoms with E-state index in [4.69, 9.17) is 0 Å². The monoisotopic (exact) mass is 393 g/mol. The van der Waals surface area contributed by atoms with E-state index in [-0.39, 0.29) is 0 Å². The summed E-state index contributed by atoms with van der Waals surface area (Å²) in [5.74, 6) is 0. The van der Waals surface area contributed by atoms with Crippen molar-refractivity contribution in [3.8, 4) is 0 Å². The van der Waals surface area contributed by atoms with Crippen molar-refractivity contribution in [2.45, 2.75) is 32.2 Å². The highest BCUT2D eigenvalue weighted by atomic mass is 79.9. The number of hydrogen-bond acceptors (Lipinski definition) is 1. The molecule has 0 aromatic heterocycles. The molecule has 0 fully saturated rings.